The summed E-state index contributed by atoms with van der Waals surface area (Å²) in [5.41, 5.74) is 4.27. The van der Waals surface area contributed by atoms with Gasteiger partial charge in [-0.3, -0.25) is 4.79 Å². The lowest BCUT2D eigenvalue weighted by Crippen LogP contribution is -2.31. The third-order valence-corrected chi connectivity index (χ3v) is 4.43. The van der Waals surface area contributed by atoms with Gasteiger partial charge < -0.3 is 19.8 Å². The number of hydrogen-bond donors (Lipinski definition) is 2. The highest BCUT2D eigenvalue weighted by atomic mass is 16.6. The van der Waals surface area contributed by atoms with Gasteiger partial charge in [0, 0.05) is 23.6 Å². The third-order valence-electron chi connectivity index (χ3n) is 4.43. The van der Waals surface area contributed by atoms with E-state index in [9.17, 15) is 9.59 Å². The molecule has 2 N–H and O–H groups in total. The van der Waals surface area contributed by atoms with E-state index in [0.29, 0.717) is 18.7 Å². The van der Waals surface area contributed by atoms with Gasteiger partial charge in [-0.1, -0.05) is 35.9 Å². The van der Waals surface area contributed by atoms with E-state index in [-0.39, 0.29) is 19.1 Å². The van der Waals surface area contributed by atoms with E-state index in [1.165, 1.54) is 0 Å². The molecule has 6 heteroatoms. The van der Waals surface area contributed by atoms with Crippen LogP contribution in [0.4, 0.5) is 0 Å². The summed E-state index contributed by atoms with van der Waals surface area (Å²) in [6, 6.07) is 13.7. The van der Waals surface area contributed by atoms with Crippen LogP contribution in [0.25, 0.3) is 10.9 Å². The number of esters is 1. The van der Waals surface area contributed by atoms with Gasteiger partial charge in [-0.2, -0.15) is 0 Å². The van der Waals surface area contributed by atoms with Crippen LogP contribution in [0.1, 0.15) is 16.7 Å². The molecule has 0 saturated carbocycles. The van der Waals surface area contributed by atoms with E-state index in [0.717, 1.165) is 27.6 Å². The molecule has 0 fully saturated rings. The maximum absolute atomic E-state index is 11.9. The molecule has 1 amide bonds. The van der Waals surface area contributed by atoms with Gasteiger partial charge in [-0.15, -0.1) is 0 Å². The lowest BCUT2D eigenvalue weighted by Gasteiger charge is -2.10. The number of aromatic nitrogens is 1. The Hall–Kier alpha value is -3.28. The van der Waals surface area contributed by atoms with Crippen LogP contribution in [0.5, 0.6) is 5.75 Å². The highest BCUT2D eigenvalue weighted by Crippen LogP contribution is 2.19. The molecule has 0 atom stereocenters. The van der Waals surface area contributed by atoms with E-state index >= 15 is 0 Å². The van der Waals surface area contributed by atoms with Crippen molar-refractivity contribution < 1.29 is 19.1 Å². The zero-order valence-electron chi connectivity index (χ0n) is 16.1. The summed E-state index contributed by atoms with van der Waals surface area (Å²) < 4.78 is 10.4. The van der Waals surface area contributed by atoms with Gasteiger partial charge >= 0.3 is 5.97 Å². The Morgan fingerprint density at radius 1 is 1.07 bits per heavy atom. The van der Waals surface area contributed by atoms with Crippen LogP contribution in [0.3, 0.4) is 0 Å². The smallest absolute Gasteiger partial charge is 0.344 e. The molecule has 0 radical (unpaired) electrons. The molecule has 1 aromatic heterocycles. The SMILES string of the molecule is Cc1ccc(OCC(=O)OCC(=O)NCCc2c[nH]c3ccccc23)c(C)c1. The summed E-state index contributed by atoms with van der Waals surface area (Å²) in [7, 11) is 0. The lowest BCUT2D eigenvalue weighted by molar-refractivity contribution is -0.150. The van der Waals surface area contributed by atoms with E-state index in [1.54, 1.807) is 0 Å². The van der Waals surface area contributed by atoms with Gasteiger partial charge in [-0.05, 0) is 43.5 Å². The van der Waals surface area contributed by atoms with Crippen molar-refractivity contribution in [1.29, 1.82) is 0 Å². The minimum absolute atomic E-state index is 0.230. The zero-order chi connectivity index (χ0) is 19.9. The van der Waals surface area contributed by atoms with E-state index in [4.69, 9.17) is 9.47 Å². The predicted molar refractivity (Wildman–Crippen MR) is 107 cm³/mol. The second-order valence-electron chi connectivity index (χ2n) is 6.68. The number of ether oxygens (including phenoxy) is 2. The summed E-state index contributed by atoms with van der Waals surface area (Å²) >= 11 is 0. The van der Waals surface area contributed by atoms with Crippen LogP contribution in [0.2, 0.25) is 0 Å². The third kappa shape index (κ3) is 5.13. The van der Waals surface area contributed by atoms with Crippen LogP contribution in [-0.2, 0) is 20.7 Å². The minimum atomic E-state index is -0.577. The van der Waals surface area contributed by atoms with Crippen LogP contribution >= 0.6 is 0 Å². The number of aromatic amines is 1. The molecule has 146 valence electrons. The fraction of sp³-hybridized carbons (Fsp3) is 0.273. The summed E-state index contributed by atoms with van der Waals surface area (Å²) in [5.74, 6) is -0.280. The zero-order valence-corrected chi connectivity index (χ0v) is 16.1. The molecule has 0 aliphatic rings. The molecular formula is C22H24N2O4. The van der Waals surface area contributed by atoms with Crippen molar-refractivity contribution in [3.63, 3.8) is 0 Å². The fourth-order valence-electron chi connectivity index (χ4n) is 3.01. The number of rotatable bonds is 8. The average molecular weight is 380 g/mol. The van der Waals surface area contributed by atoms with Gasteiger partial charge in [0.15, 0.2) is 13.2 Å². The summed E-state index contributed by atoms with van der Waals surface area (Å²) in [6.07, 6.45) is 2.64. The van der Waals surface area contributed by atoms with Crippen LogP contribution in [0.15, 0.2) is 48.7 Å². The molecule has 0 aliphatic heterocycles. The molecule has 0 unspecified atom stereocenters. The molecule has 6 nitrogen and oxygen atoms in total. The summed E-state index contributed by atoms with van der Waals surface area (Å²) in [4.78, 5) is 26.8. The minimum Gasteiger partial charge on any atom is -0.482 e. The normalized spacial score (nSPS) is 10.6. The number of nitrogens with one attached hydrogen (secondary N) is 2. The van der Waals surface area contributed by atoms with Gasteiger partial charge in [0.05, 0.1) is 0 Å². The molecule has 2 aromatic carbocycles. The first-order valence-corrected chi connectivity index (χ1v) is 9.20. The monoisotopic (exact) mass is 380 g/mol. The second-order valence-corrected chi connectivity index (χ2v) is 6.68. The molecular weight excluding hydrogens is 356 g/mol. The number of hydrogen-bond acceptors (Lipinski definition) is 4. The Bertz CT molecular complexity index is 978. The van der Waals surface area contributed by atoms with E-state index in [1.807, 2.05) is 62.5 Å². The number of fused-ring (bicyclic) bond motifs is 1. The maximum Gasteiger partial charge on any atom is 0.344 e. The Balaban J connectivity index is 1.36. The lowest BCUT2D eigenvalue weighted by atomic mass is 10.1. The molecule has 0 bridgehead atoms. The average Bonchev–Trinajstić information content (AvgIpc) is 3.09. The van der Waals surface area contributed by atoms with Gasteiger partial charge in [-0.25, -0.2) is 4.79 Å². The van der Waals surface area contributed by atoms with Crippen molar-refractivity contribution in [2.45, 2.75) is 20.3 Å². The first kappa shape index (κ1) is 19.5. The second kappa shape index (κ2) is 9.08. The molecule has 3 aromatic rings. The van der Waals surface area contributed by atoms with Gasteiger partial charge in [0.2, 0.25) is 0 Å². The largest absolute Gasteiger partial charge is 0.482 e. The molecule has 3 rings (SSSR count). The van der Waals surface area contributed by atoms with Crippen LogP contribution in [0, 0.1) is 13.8 Å². The first-order chi connectivity index (χ1) is 13.5. The van der Waals surface area contributed by atoms with Crippen LogP contribution in [-0.4, -0.2) is 36.6 Å². The van der Waals surface area contributed by atoms with Crippen molar-refractivity contribution in [2.24, 2.45) is 0 Å². The standard InChI is InChI=1S/C22H24N2O4/c1-15-7-8-20(16(2)11-15)27-14-22(26)28-13-21(25)23-10-9-17-12-24-19-6-4-3-5-18(17)19/h3-8,11-12,24H,9-10,13-14H2,1-2H3,(H,23,25). The van der Waals surface area contributed by atoms with Crippen molar-refractivity contribution >= 4 is 22.8 Å². The van der Waals surface area contributed by atoms with Gasteiger partial charge in [0.25, 0.3) is 5.91 Å². The Kier molecular flexibility index (Phi) is 6.32. The van der Waals surface area contributed by atoms with Crippen molar-refractivity contribution in [3.05, 3.63) is 65.4 Å². The predicted octanol–water partition coefficient (Wildman–Crippen LogP) is 3.07. The number of amides is 1. The highest BCUT2D eigenvalue weighted by Gasteiger charge is 2.10. The van der Waals surface area contributed by atoms with E-state index < -0.39 is 5.97 Å². The number of benzene rings is 2. The molecule has 28 heavy (non-hydrogen) atoms. The molecule has 0 aliphatic carbocycles. The van der Waals surface area contributed by atoms with Crippen LogP contribution < -0.4 is 10.1 Å². The highest BCUT2D eigenvalue weighted by molar-refractivity contribution is 5.83. The quantitative estimate of drug-likeness (QED) is 0.589. The van der Waals surface area contributed by atoms with Crippen molar-refractivity contribution in [1.82, 2.24) is 10.3 Å². The summed E-state index contributed by atoms with van der Waals surface area (Å²) in [5, 5.41) is 3.90. The van der Waals surface area contributed by atoms with Crippen molar-refractivity contribution in [2.75, 3.05) is 19.8 Å². The van der Waals surface area contributed by atoms with E-state index in [2.05, 4.69) is 10.3 Å². The molecule has 0 saturated heterocycles. The summed E-state index contributed by atoms with van der Waals surface area (Å²) in [6.45, 7) is 3.82. The molecule has 0 spiro atoms. The van der Waals surface area contributed by atoms with Crippen molar-refractivity contribution in [3.8, 4) is 5.75 Å². The number of H-pyrrole nitrogens is 1. The number of para-hydroxylation sites is 1. The Morgan fingerprint density at radius 2 is 1.89 bits per heavy atom. The Labute approximate surface area is 163 Å². The molecule has 1 heterocycles. The fourth-order valence-corrected chi connectivity index (χ4v) is 3.01. The Morgan fingerprint density at radius 3 is 2.71 bits per heavy atom. The number of carbonyl (C=O) groups is 2. The first-order valence-electron chi connectivity index (χ1n) is 9.20. The van der Waals surface area contributed by atoms with Gasteiger partial charge in [0.1, 0.15) is 5.75 Å². The number of aryl methyl sites for hydroxylation is 2. The number of carbonyl (C=O) groups excluding carboxylic acids is 2. The maximum atomic E-state index is 11.9. The topological polar surface area (TPSA) is 80.4 Å².